The van der Waals surface area contributed by atoms with E-state index >= 15 is 0 Å². The lowest BCUT2D eigenvalue weighted by molar-refractivity contribution is 0.689. The largest absolute Gasteiger partial charge is 0.268 e. The Morgan fingerprint density at radius 2 is 1.70 bits per heavy atom. The van der Waals surface area contributed by atoms with Crippen LogP contribution in [0.25, 0.3) is 32.7 Å². The van der Waals surface area contributed by atoms with E-state index in [-0.39, 0.29) is 0 Å². The summed E-state index contributed by atoms with van der Waals surface area (Å²) in [6.07, 6.45) is 5.63. The van der Waals surface area contributed by atoms with Gasteiger partial charge in [-0.2, -0.15) is 5.10 Å². The maximum Gasteiger partial charge on any atom is 0.111 e. The van der Waals surface area contributed by atoms with Gasteiger partial charge in [0.15, 0.2) is 0 Å². The first-order valence-corrected chi connectivity index (χ1v) is 9.61. The fourth-order valence-electron chi connectivity index (χ4n) is 3.15. The maximum atomic E-state index is 4.92. The summed E-state index contributed by atoms with van der Waals surface area (Å²) < 4.78 is 3.13. The van der Waals surface area contributed by atoms with Gasteiger partial charge in [0.1, 0.15) is 5.69 Å². The smallest absolute Gasteiger partial charge is 0.111 e. The molecule has 0 spiro atoms. The van der Waals surface area contributed by atoms with Crippen molar-refractivity contribution in [1.29, 1.82) is 0 Å². The van der Waals surface area contributed by atoms with Gasteiger partial charge in [0.25, 0.3) is 0 Å². The summed E-state index contributed by atoms with van der Waals surface area (Å²) in [7, 11) is 0. The first-order chi connectivity index (χ1) is 13.4. The molecular weight excluding hydrogens is 352 g/mol. The summed E-state index contributed by atoms with van der Waals surface area (Å²) >= 11 is 1.71. The summed E-state index contributed by atoms with van der Waals surface area (Å²) in [5, 5.41) is 6.87. The van der Waals surface area contributed by atoms with Gasteiger partial charge in [-0.05, 0) is 41.5 Å². The summed E-state index contributed by atoms with van der Waals surface area (Å²) in [4.78, 5) is 9.02. The van der Waals surface area contributed by atoms with Crippen molar-refractivity contribution in [2.24, 2.45) is 0 Å². The van der Waals surface area contributed by atoms with Crippen LogP contribution >= 0.6 is 11.3 Å². The molecule has 5 rings (SSSR count). The third-order valence-electron chi connectivity index (χ3n) is 4.50. The average Bonchev–Trinajstić information content (AvgIpc) is 3.36. The number of fused-ring (bicyclic) bond motifs is 1. The van der Waals surface area contributed by atoms with Crippen molar-refractivity contribution in [3.05, 3.63) is 90.2 Å². The number of aromatic nitrogens is 4. The average molecular weight is 368 g/mol. The van der Waals surface area contributed by atoms with Gasteiger partial charge in [-0.15, -0.1) is 11.3 Å². The maximum absolute atomic E-state index is 4.92. The van der Waals surface area contributed by atoms with E-state index in [4.69, 9.17) is 10.1 Å². The molecule has 0 saturated heterocycles. The molecule has 130 valence electrons. The van der Waals surface area contributed by atoms with E-state index in [1.807, 2.05) is 65.7 Å². The van der Waals surface area contributed by atoms with Crippen LogP contribution < -0.4 is 0 Å². The third kappa shape index (κ3) is 3.13. The minimum Gasteiger partial charge on any atom is -0.268 e. The second-order valence-electron chi connectivity index (χ2n) is 6.31. The lowest BCUT2D eigenvalue weighted by Gasteiger charge is -2.02. The van der Waals surface area contributed by atoms with Crippen LogP contribution in [0.2, 0.25) is 0 Å². The zero-order valence-corrected chi connectivity index (χ0v) is 15.3. The highest BCUT2D eigenvalue weighted by molar-refractivity contribution is 7.17. The lowest BCUT2D eigenvalue weighted by Crippen LogP contribution is -2.00. The molecule has 0 N–H and O–H groups in total. The topological polar surface area (TPSA) is 43.6 Å². The molecule has 0 aliphatic carbocycles. The first-order valence-electron chi connectivity index (χ1n) is 8.73. The summed E-state index contributed by atoms with van der Waals surface area (Å²) in [6, 6.07) is 20.6. The second-order valence-corrected chi connectivity index (χ2v) is 7.22. The number of thiophene rings is 1. The molecule has 0 amide bonds. The van der Waals surface area contributed by atoms with Crippen LogP contribution in [-0.4, -0.2) is 19.7 Å². The molecule has 4 nitrogen and oxygen atoms in total. The van der Waals surface area contributed by atoms with Crippen LogP contribution in [0.5, 0.6) is 0 Å². The van der Waals surface area contributed by atoms with Gasteiger partial charge in [0, 0.05) is 29.5 Å². The van der Waals surface area contributed by atoms with E-state index in [1.54, 1.807) is 11.3 Å². The molecule has 0 radical (unpaired) electrons. The first kappa shape index (κ1) is 15.9. The number of pyridine rings is 2. The molecule has 4 aromatic heterocycles. The molecular formula is C22H16N4S. The number of hydrogen-bond acceptors (Lipinski definition) is 4. The SMILES string of the molecule is c1ccc(Cn2ccc(-c3ccc4scc(-c5ccncc5)c4n3)n2)cc1. The van der Waals surface area contributed by atoms with Crippen molar-refractivity contribution >= 4 is 21.6 Å². The lowest BCUT2D eigenvalue weighted by atomic mass is 10.1. The summed E-state index contributed by atoms with van der Waals surface area (Å²) in [5.41, 5.74) is 6.30. The molecule has 0 unspecified atom stereocenters. The predicted molar refractivity (Wildman–Crippen MR) is 110 cm³/mol. The molecule has 5 aromatic rings. The fourth-order valence-corrected chi connectivity index (χ4v) is 4.05. The highest BCUT2D eigenvalue weighted by Crippen LogP contribution is 2.33. The Bertz CT molecular complexity index is 1190. The Morgan fingerprint density at radius 1 is 0.852 bits per heavy atom. The zero-order valence-electron chi connectivity index (χ0n) is 14.5. The van der Waals surface area contributed by atoms with E-state index in [9.17, 15) is 0 Å². The number of nitrogens with zero attached hydrogens (tertiary/aromatic N) is 4. The Hall–Kier alpha value is -3.31. The molecule has 0 fully saturated rings. The monoisotopic (exact) mass is 368 g/mol. The standard InChI is InChI=1S/C22H16N4S/c1-2-4-16(5-3-1)14-26-13-10-20(25-26)19-6-7-21-22(24-19)18(15-27-21)17-8-11-23-12-9-17/h1-13,15H,14H2. The highest BCUT2D eigenvalue weighted by atomic mass is 32.1. The molecule has 0 saturated carbocycles. The fraction of sp³-hybridized carbons (Fsp3) is 0.0455. The Morgan fingerprint density at radius 3 is 2.56 bits per heavy atom. The molecule has 27 heavy (non-hydrogen) atoms. The van der Waals surface area contributed by atoms with Gasteiger partial charge >= 0.3 is 0 Å². The molecule has 1 aromatic carbocycles. The molecule has 5 heteroatoms. The van der Waals surface area contributed by atoms with Crippen LogP contribution in [0.1, 0.15) is 5.56 Å². The van der Waals surface area contributed by atoms with E-state index in [1.165, 1.54) is 10.3 Å². The molecule has 0 bridgehead atoms. The van der Waals surface area contributed by atoms with Crippen LogP contribution in [-0.2, 0) is 6.54 Å². The van der Waals surface area contributed by atoms with E-state index in [0.717, 1.165) is 34.6 Å². The van der Waals surface area contributed by atoms with E-state index in [2.05, 4.69) is 28.6 Å². The van der Waals surface area contributed by atoms with Gasteiger partial charge in [0.05, 0.1) is 22.5 Å². The molecule has 0 atom stereocenters. The van der Waals surface area contributed by atoms with Crippen molar-refractivity contribution < 1.29 is 0 Å². The van der Waals surface area contributed by atoms with Crippen LogP contribution in [0.3, 0.4) is 0 Å². The normalized spacial score (nSPS) is 11.1. The van der Waals surface area contributed by atoms with Crippen LogP contribution in [0.4, 0.5) is 0 Å². The Kier molecular flexibility index (Phi) is 3.99. The van der Waals surface area contributed by atoms with Gasteiger partial charge in [-0.25, -0.2) is 4.98 Å². The van der Waals surface area contributed by atoms with Gasteiger partial charge in [-0.3, -0.25) is 9.67 Å². The second kappa shape index (κ2) is 6.78. The third-order valence-corrected chi connectivity index (χ3v) is 5.44. The van der Waals surface area contributed by atoms with E-state index < -0.39 is 0 Å². The van der Waals surface area contributed by atoms with Crippen LogP contribution in [0, 0.1) is 0 Å². The van der Waals surface area contributed by atoms with E-state index in [0.29, 0.717) is 0 Å². The van der Waals surface area contributed by atoms with Crippen molar-refractivity contribution in [2.45, 2.75) is 6.54 Å². The quantitative estimate of drug-likeness (QED) is 0.434. The van der Waals surface area contributed by atoms with Crippen LogP contribution in [0.15, 0.2) is 84.6 Å². The Balaban J connectivity index is 1.50. The van der Waals surface area contributed by atoms with Crippen molar-refractivity contribution in [2.75, 3.05) is 0 Å². The summed E-state index contributed by atoms with van der Waals surface area (Å²) in [5.74, 6) is 0. The predicted octanol–water partition coefficient (Wildman–Crippen LogP) is 5.27. The van der Waals surface area contributed by atoms with Crippen molar-refractivity contribution in [1.82, 2.24) is 19.7 Å². The zero-order chi connectivity index (χ0) is 18.1. The molecule has 0 aliphatic rings. The van der Waals surface area contributed by atoms with Crippen molar-refractivity contribution in [3.8, 4) is 22.5 Å². The molecule has 0 aliphatic heterocycles. The minimum atomic E-state index is 0.754. The minimum absolute atomic E-state index is 0.754. The van der Waals surface area contributed by atoms with Gasteiger partial charge < -0.3 is 0 Å². The number of benzene rings is 1. The highest BCUT2D eigenvalue weighted by Gasteiger charge is 2.11. The van der Waals surface area contributed by atoms with Crippen molar-refractivity contribution in [3.63, 3.8) is 0 Å². The number of hydrogen-bond donors (Lipinski definition) is 0. The number of rotatable bonds is 4. The summed E-state index contributed by atoms with van der Waals surface area (Å²) in [6.45, 7) is 0.754. The van der Waals surface area contributed by atoms with Gasteiger partial charge in [0.2, 0.25) is 0 Å². The molecule has 4 heterocycles. The van der Waals surface area contributed by atoms with Gasteiger partial charge in [-0.1, -0.05) is 30.3 Å². The Labute approximate surface area is 160 Å².